The molecule has 12 heteroatoms. The van der Waals surface area contributed by atoms with Gasteiger partial charge >= 0.3 is 0 Å². The van der Waals surface area contributed by atoms with Crippen molar-refractivity contribution in [2.24, 2.45) is 23.7 Å². The molecular weight excluding hydrogens is 1100 g/mol. The molecule has 0 heterocycles. The zero-order valence-electron chi connectivity index (χ0n) is 31.0. The van der Waals surface area contributed by atoms with E-state index in [-0.39, 0.29) is 166 Å². The average molecular weight is 1160 g/mol. The van der Waals surface area contributed by atoms with Crippen molar-refractivity contribution in [3.63, 3.8) is 0 Å². The summed E-state index contributed by atoms with van der Waals surface area (Å²) in [7, 11) is 3.13. The fourth-order valence-corrected chi connectivity index (χ4v) is 2.27. The Morgan fingerprint density at radius 1 is 0.477 bits per heavy atom. The van der Waals surface area contributed by atoms with E-state index in [1.54, 1.807) is 64.2 Å². The molecule has 0 saturated carbocycles. The maximum Gasteiger partial charge on any atom is 0.0353 e. The first-order chi connectivity index (χ1) is 18.9. The van der Waals surface area contributed by atoms with Gasteiger partial charge in [-0.3, -0.25) is 25.1 Å². The Labute approximate surface area is 397 Å². The van der Waals surface area contributed by atoms with Gasteiger partial charge in [-0.1, -0.05) is 27.7 Å². The van der Waals surface area contributed by atoms with Crippen LogP contribution in [0.1, 0.15) is 83.1 Å². The minimum Gasteiger partial charge on any atom is -0.541 e. The Hall–Kier alpha value is 4.08. The summed E-state index contributed by atoms with van der Waals surface area (Å²) in [6.45, 7) is 24.2. The number of rotatable bonds is 12. The number of methoxy groups -OCH3 is 2. The third kappa shape index (κ3) is 162. The van der Waals surface area contributed by atoms with Crippen LogP contribution in [0, 0.1) is 192 Å². The first-order valence-corrected chi connectivity index (χ1v) is 16.1. The van der Waals surface area contributed by atoms with Gasteiger partial charge in [-0.05, 0) is 24.0 Å². The Balaban J connectivity index is -0.0000000270. The molecule has 0 N–H and O–H groups in total. The summed E-state index contributed by atoms with van der Waals surface area (Å²) >= 11 is 3.34. The zero-order valence-corrected chi connectivity index (χ0v) is 47.2. The van der Waals surface area contributed by atoms with Gasteiger partial charge in [-0.25, -0.2) is 0 Å². The van der Waals surface area contributed by atoms with Gasteiger partial charge in [0.15, 0.2) is 0 Å². The molecule has 4 atom stereocenters. The summed E-state index contributed by atoms with van der Waals surface area (Å²) < 4.78 is 9.26. The predicted molar refractivity (Wildman–Crippen MR) is 183 cm³/mol. The van der Waals surface area contributed by atoms with Crippen LogP contribution in [-0.4, -0.2) is 76.6 Å². The molecule has 6 nitrogen and oxygen atoms in total. The summed E-state index contributed by atoms with van der Waals surface area (Å²) in [5.74, 6) is 1.84. The van der Waals surface area contributed by atoms with Crippen molar-refractivity contribution < 1.29 is 171 Å². The topological polar surface area (TPSA) is 86.7 Å². The molecule has 0 aromatic carbocycles. The molecule has 0 fully saturated rings. The van der Waals surface area contributed by atoms with Crippen molar-refractivity contribution in [2.75, 3.05) is 51.5 Å². The van der Waals surface area contributed by atoms with Crippen molar-refractivity contribution in [3.8, 4) is 0 Å². The van der Waals surface area contributed by atoms with E-state index in [2.05, 4.69) is 9.47 Å². The standard InChI is InChI=1S/2C5H9O2.2C5H9OS.4C3H7.4La/c4*1-5(3-6)4-7-2;4*1-3-2;;;;/h4*5H,4H2,1-2H3;4*3H,1-2H3;;;;/q8*-1;;;;. The minimum atomic E-state index is -0.0787. The normalized spacial score (nSPS) is 10.2. The fourth-order valence-electron chi connectivity index (χ4n) is 1.14. The monoisotopic (exact) mass is 1160 g/mol. The van der Waals surface area contributed by atoms with E-state index in [9.17, 15) is 19.2 Å². The largest absolute Gasteiger partial charge is 0.541 e. The molecule has 0 aliphatic heterocycles. The number of hydrogen-bond donors (Lipinski definition) is 0. The van der Waals surface area contributed by atoms with E-state index in [1.807, 2.05) is 120 Å². The van der Waals surface area contributed by atoms with Gasteiger partial charge in [-0.15, -0.1) is 23.7 Å². The van der Waals surface area contributed by atoms with E-state index in [0.29, 0.717) is 13.2 Å². The summed E-state index contributed by atoms with van der Waals surface area (Å²) in [6, 6.07) is 0. The van der Waals surface area contributed by atoms with Crippen molar-refractivity contribution >= 4 is 48.7 Å². The second-order valence-corrected chi connectivity index (χ2v) is 10.0. The number of carbonyl (C=O) groups excluding carboxylic acids is 4. The quantitative estimate of drug-likeness (QED) is 0.183. The number of thioether (sulfide) groups is 2. The van der Waals surface area contributed by atoms with Crippen molar-refractivity contribution in [3.05, 3.63) is 25.7 Å². The van der Waals surface area contributed by atoms with Gasteiger partial charge in [0, 0.05) is 170 Å². The molecule has 0 bridgehead atoms. The molecule has 0 rings (SSSR count). The van der Waals surface area contributed by atoms with E-state index in [0.717, 1.165) is 11.5 Å². The Morgan fingerprint density at radius 3 is 0.682 bits per heavy atom. The van der Waals surface area contributed by atoms with Gasteiger partial charge in [0.2, 0.25) is 0 Å². The summed E-state index contributed by atoms with van der Waals surface area (Å²) in [5, 5.41) is 0. The molecule has 0 spiro atoms. The van der Waals surface area contributed by atoms with Crippen LogP contribution in [0.2, 0.25) is 0 Å². The minimum absolute atomic E-state index is 0. The summed E-state index contributed by atoms with van der Waals surface area (Å²) in [6.07, 6.45) is 19.3. The van der Waals surface area contributed by atoms with E-state index < -0.39 is 0 Å². The van der Waals surface area contributed by atoms with E-state index in [4.69, 9.17) is 0 Å². The van der Waals surface area contributed by atoms with Gasteiger partial charge in [-0.2, -0.15) is 78.9 Å². The van der Waals surface area contributed by atoms with E-state index in [1.165, 1.54) is 0 Å². The maximum absolute atomic E-state index is 9.76. The van der Waals surface area contributed by atoms with Crippen LogP contribution >= 0.6 is 23.5 Å². The first kappa shape index (κ1) is 81.9. The van der Waals surface area contributed by atoms with Crippen LogP contribution in [-0.2, 0) is 28.7 Å². The van der Waals surface area contributed by atoms with Crippen LogP contribution < -0.4 is 0 Å². The predicted octanol–water partition coefficient (Wildman–Crippen LogP) is 7.87. The van der Waals surface area contributed by atoms with Gasteiger partial charge in [0.25, 0.3) is 0 Å². The Bertz CT molecular complexity index is 347. The Kier molecular flexibility index (Phi) is 181. The second kappa shape index (κ2) is 97.1. The van der Waals surface area contributed by atoms with Crippen LogP contribution in [0.5, 0.6) is 0 Å². The SMILES string of the molecule is COCC(C)[C-]=O.COCC(C)[C-]=O.CSCC(C)[C-]=O.CSCC(C)[C-]=O.C[CH-]C.C[CH-]C.C[CH-]C.C[CH-]C.[La].[La].[La].[La]. The van der Waals surface area contributed by atoms with Crippen molar-refractivity contribution in [2.45, 2.75) is 83.1 Å². The van der Waals surface area contributed by atoms with Crippen molar-refractivity contribution in [1.29, 1.82) is 0 Å². The average Bonchev–Trinajstić information content (AvgIpc) is 2.92. The molecule has 44 heavy (non-hydrogen) atoms. The third-order valence-electron chi connectivity index (χ3n) is 2.47. The molecule has 0 saturated heterocycles. The summed E-state index contributed by atoms with van der Waals surface area (Å²) in [5.41, 5.74) is 0. The van der Waals surface area contributed by atoms with Gasteiger partial charge < -0.3 is 54.3 Å². The number of hydrogen-bond acceptors (Lipinski definition) is 8. The summed E-state index contributed by atoms with van der Waals surface area (Å²) in [4.78, 5) is 38.9. The molecule has 4 radical (unpaired) electrons. The van der Waals surface area contributed by atoms with Crippen LogP contribution in [0.25, 0.3) is 0 Å². The first-order valence-electron chi connectivity index (χ1n) is 13.3. The molecule has 4 unspecified atom stereocenters. The molecule has 0 aliphatic rings. The van der Waals surface area contributed by atoms with Crippen LogP contribution in [0.4, 0.5) is 0 Å². The fraction of sp³-hybridized carbons (Fsp3) is 0.750. The second-order valence-electron chi connectivity index (χ2n) is 8.21. The van der Waals surface area contributed by atoms with Crippen LogP contribution in [0.15, 0.2) is 0 Å². The smallest absolute Gasteiger partial charge is 0.0353 e. The molecule has 260 valence electrons. The molecular formula is C32H64La4O6S2-8. The maximum atomic E-state index is 9.76. The van der Waals surface area contributed by atoms with Crippen molar-refractivity contribution in [1.82, 2.24) is 0 Å². The molecule has 0 amide bonds. The van der Waals surface area contributed by atoms with E-state index >= 15 is 0 Å². The molecule has 0 aromatic rings. The van der Waals surface area contributed by atoms with Gasteiger partial charge in [0.05, 0.1) is 0 Å². The third-order valence-corrected chi connectivity index (χ3v) is 4.14. The van der Waals surface area contributed by atoms with Gasteiger partial charge in [0.1, 0.15) is 0 Å². The molecule has 0 aliphatic carbocycles. The Morgan fingerprint density at radius 2 is 0.636 bits per heavy atom. The van der Waals surface area contributed by atoms with Crippen LogP contribution in [0.3, 0.4) is 0 Å². The zero-order chi connectivity index (χ0) is 33.6. The molecule has 0 aromatic heterocycles. The number of ether oxygens (including phenoxy) is 2.